The lowest BCUT2D eigenvalue weighted by Crippen LogP contribution is -2.47. The Balaban J connectivity index is 2.13. The molecule has 9 heteroatoms. The molecule has 164 valence electrons. The van der Waals surface area contributed by atoms with Crippen LogP contribution in [0, 0.1) is 0 Å². The smallest absolute Gasteiger partial charge is 0.387 e. The maximum atomic E-state index is 12.9. The average Bonchev–Trinajstić information content (AvgIpc) is 2.72. The molecule has 1 heterocycles. The van der Waals surface area contributed by atoms with Crippen molar-refractivity contribution in [2.75, 3.05) is 39.2 Å². The van der Waals surface area contributed by atoms with E-state index in [4.69, 9.17) is 14.2 Å². The quantitative estimate of drug-likeness (QED) is 0.436. The van der Waals surface area contributed by atoms with Crippen molar-refractivity contribution in [3.8, 4) is 11.5 Å². The number of hydrogen-bond acceptors (Lipinski definition) is 5. The summed E-state index contributed by atoms with van der Waals surface area (Å²) in [5.41, 5.74) is 0.541. The molecule has 6 nitrogen and oxygen atoms in total. The first-order valence-electron chi connectivity index (χ1n) is 9.88. The fourth-order valence-electron chi connectivity index (χ4n) is 3.13. The number of para-hydroxylation sites is 1. The Morgan fingerprint density at radius 2 is 2.03 bits per heavy atom. The number of aliphatic imine (C=N–C) groups is 1. The van der Waals surface area contributed by atoms with Gasteiger partial charge >= 0.3 is 6.61 Å². The van der Waals surface area contributed by atoms with Gasteiger partial charge in [-0.25, -0.2) is 4.99 Å². The molecule has 0 aromatic heterocycles. The second kappa shape index (κ2) is 12.1. The second-order valence-electron chi connectivity index (χ2n) is 6.60. The van der Waals surface area contributed by atoms with Crippen LogP contribution in [0.4, 0.5) is 8.78 Å². The highest BCUT2D eigenvalue weighted by molar-refractivity contribution is 8.00. The van der Waals surface area contributed by atoms with Gasteiger partial charge in [-0.1, -0.05) is 12.1 Å². The number of guanidine groups is 1. The van der Waals surface area contributed by atoms with Crippen LogP contribution >= 0.6 is 11.8 Å². The third kappa shape index (κ3) is 7.22. The Hall–Kier alpha value is -1.74. The lowest BCUT2D eigenvalue weighted by Gasteiger charge is -2.36. The number of ether oxygens (including phenoxy) is 3. The summed E-state index contributed by atoms with van der Waals surface area (Å²) in [6.45, 7) is 4.36. The number of nitrogens with zero attached hydrogens (tertiary/aromatic N) is 1. The fraction of sp³-hybridized carbons (Fsp3) is 0.650. The van der Waals surface area contributed by atoms with Crippen LogP contribution in [-0.4, -0.2) is 56.5 Å². The molecule has 0 saturated carbocycles. The van der Waals surface area contributed by atoms with Crippen molar-refractivity contribution in [1.82, 2.24) is 10.6 Å². The minimum absolute atomic E-state index is 0.0361. The van der Waals surface area contributed by atoms with Gasteiger partial charge in [0.15, 0.2) is 17.5 Å². The number of benzene rings is 1. The van der Waals surface area contributed by atoms with Gasteiger partial charge in [-0.2, -0.15) is 20.5 Å². The minimum atomic E-state index is -2.93. The summed E-state index contributed by atoms with van der Waals surface area (Å²) in [7, 11) is 0. The predicted molar refractivity (Wildman–Crippen MR) is 113 cm³/mol. The molecule has 0 bridgehead atoms. The summed E-state index contributed by atoms with van der Waals surface area (Å²) in [5, 5.41) is 6.61. The Kier molecular flexibility index (Phi) is 9.80. The van der Waals surface area contributed by atoms with E-state index in [1.807, 2.05) is 18.7 Å². The summed E-state index contributed by atoms with van der Waals surface area (Å²) in [4.78, 5) is 4.58. The van der Waals surface area contributed by atoms with E-state index < -0.39 is 6.61 Å². The largest absolute Gasteiger partial charge is 0.490 e. The first-order chi connectivity index (χ1) is 14.0. The van der Waals surface area contributed by atoms with Crippen LogP contribution in [0.3, 0.4) is 0 Å². The van der Waals surface area contributed by atoms with Crippen molar-refractivity contribution >= 4 is 17.7 Å². The van der Waals surface area contributed by atoms with Gasteiger partial charge in [-0.3, -0.25) is 0 Å². The number of halogens is 2. The molecule has 0 amide bonds. The predicted octanol–water partition coefficient (Wildman–Crippen LogP) is 3.65. The number of rotatable bonds is 10. The number of nitrogens with one attached hydrogen (secondary N) is 2. The third-order valence-electron chi connectivity index (χ3n) is 4.73. The summed E-state index contributed by atoms with van der Waals surface area (Å²) < 4.78 is 41.5. The Labute approximate surface area is 175 Å². The molecular weight excluding hydrogens is 400 g/mol. The highest BCUT2D eigenvalue weighted by Crippen LogP contribution is 2.34. The van der Waals surface area contributed by atoms with Crippen molar-refractivity contribution in [3.63, 3.8) is 0 Å². The summed E-state index contributed by atoms with van der Waals surface area (Å²) in [5.74, 6) is 0.966. The van der Waals surface area contributed by atoms with E-state index in [9.17, 15) is 8.78 Å². The minimum Gasteiger partial charge on any atom is -0.490 e. The molecule has 0 unspecified atom stereocenters. The third-order valence-corrected chi connectivity index (χ3v) is 6.15. The van der Waals surface area contributed by atoms with Gasteiger partial charge in [0.05, 0.1) is 13.2 Å². The van der Waals surface area contributed by atoms with Gasteiger partial charge < -0.3 is 24.8 Å². The zero-order valence-corrected chi connectivity index (χ0v) is 18.1. The average molecular weight is 432 g/mol. The molecule has 1 aromatic rings. The number of thioether (sulfide) groups is 1. The van der Waals surface area contributed by atoms with Crippen molar-refractivity contribution < 1.29 is 23.0 Å². The summed E-state index contributed by atoms with van der Waals surface area (Å²) >= 11 is 1.84. The van der Waals surface area contributed by atoms with Gasteiger partial charge in [0.25, 0.3) is 0 Å². The normalized spacial score (nSPS) is 16.6. The lowest BCUT2D eigenvalue weighted by molar-refractivity contribution is -0.0520. The highest BCUT2D eigenvalue weighted by atomic mass is 32.2. The molecule has 1 saturated heterocycles. The van der Waals surface area contributed by atoms with Crippen LogP contribution < -0.4 is 20.1 Å². The molecule has 0 atom stereocenters. The molecule has 2 N–H and O–H groups in total. The van der Waals surface area contributed by atoms with E-state index in [0.29, 0.717) is 30.4 Å². The lowest BCUT2D eigenvalue weighted by atomic mass is 9.99. The van der Waals surface area contributed by atoms with Crippen molar-refractivity contribution in [2.24, 2.45) is 4.99 Å². The van der Waals surface area contributed by atoms with E-state index in [0.717, 1.165) is 32.6 Å². The number of hydrogen-bond donors (Lipinski definition) is 2. The van der Waals surface area contributed by atoms with Gasteiger partial charge in [0, 0.05) is 36.6 Å². The number of alkyl halides is 2. The zero-order chi connectivity index (χ0) is 21.1. The van der Waals surface area contributed by atoms with Gasteiger partial charge in [-0.15, -0.1) is 0 Å². The standard InChI is InChI=1S/C20H31F2N3O3S/c1-4-23-19(25-14-20(29-3)9-11-26-12-10-20)24-13-15-7-6-8-16(27-5-2)17(15)28-18(21)22/h6-8,18H,4-5,9-14H2,1-3H3,(H2,23,24,25). The van der Waals surface area contributed by atoms with Gasteiger partial charge in [0.2, 0.25) is 0 Å². The van der Waals surface area contributed by atoms with Gasteiger partial charge in [-0.05, 0) is 39.0 Å². The molecule has 0 aliphatic carbocycles. The van der Waals surface area contributed by atoms with Crippen molar-refractivity contribution in [3.05, 3.63) is 23.8 Å². The van der Waals surface area contributed by atoms with Crippen LogP contribution in [0.2, 0.25) is 0 Å². The summed E-state index contributed by atoms with van der Waals surface area (Å²) in [6.07, 6.45) is 4.07. The SMILES string of the molecule is CCNC(=NCc1cccc(OCC)c1OC(F)F)NCC1(SC)CCOCC1. The van der Waals surface area contributed by atoms with Crippen molar-refractivity contribution in [2.45, 2.75) is 44.6 Å². The molecular formula is C20H31F2N3O3S. The van der Waals surface area contributed by atoms with E-state index in [1.54, 1.807) is 25.1 Å². The van der Waals surface area contributed by atoms with Crippen molar-refractivity contribution in [1.29, 1.82) is 0 Å². The van der Waals surface area contributed by atoms with E-state index in [2.05, 4.69) is 21.9 Å². The van der Waals surface area contributed by atoms with E-state index >= 15 is 0 Å². The molecule has 0 spiro atoms. The monoisotopic (exact) mass is 431 g/mol. The molecule has 0 radical (unpaired) electrons. The van der Waals surface area contributed by atoms with Crippen LogP contribution in [0.15, 0.2) is 23.2 Å². The maximum absolute atomic E-state index is 12.9. The van der Waals surface area contributed by atoms with Crippen LogP contribution in [-0.2, 0) is 11.3 Å². The Bertz CT molecular complexity index is 656. The zero-order valence-electron chi connectivity index (χ0n) is 17.3. The first kappa shape index (κ1) is 23.5. The van der Waals surface area contributed by atoms with Crippen LogP contribution in [0.5, 0.6) is 11.5 Å². The highest BCUT2D eigenvalue weighted by Gasteiger charge is 2.31. The molecule has 1 aromatic carbocycles. The molecule has 2 rings (SSSR count). The molecule has 1 aliphatic rings. The molecule has 29 heavy (non-hydrogen) atoms. The summed E-state index contributed by atoms with van der Waals surface area (Å²) in [6, 6.07) is 5.08. The molecule has 1 aliphatic heterocycles. The first-order valence-corrected chi connectivity index (χ1v) is 11.1. The maximum Gasteiger partial charge on any atom is 0.387 e. The topological polar surface area (TPSA) is 64.1 Å². The van der Waals surface area contributed by atoms with Crippen LogP contribution in [0.1, 0.15) is 32.3 Å². The van der Waals surface area contributed by atoms with E-state index in [1.165, 1.54) is 0 Å². The Morgan fingerprint density at radius 1 is 1.28 bits per heavy atom. The Morgan fingerprint density at radius 3 is 2.66 bits per heavy atom. The van der Waals surface area contributed by atoms with Crippen LogP contribution in [0.25, 0.3) is 0 Å². The molecule has 1 fully saturated rings. The van der Waals surface area contributed by atoms with Gasteiger partial charge in [0.1, 0.15) is 0 Å². The van der Waals surface area contributed by atoms with E-state index in [-0.39, 0.29) is 17.0 Å². The fourth-order valence-corrected chi connectivity index (χ4v) is 3.92. The second-order valence-corrected chi connectivity index (χ2v) is 7.88.